The first kappa shape index (κ1) is 13.8. The first-order valence-electron chi connectivity index (χ1n) is 6.65. The molecular formula is C14H20FN3O. The van der Waals surface area contributed by atoms with Gasteiger partial charge in [0, 0.05) is 20.1 Å². The summed E-state index contributed by atoms with van der Waals surface area (Å²) in [4.78, 5) is 15.2. The molecule has 0 saturated heterocycles. The lowest BCUT2D eigenvalue weighted by Crippen LogP contribution is -2.40. The average Bonchev–Trinajstić information content (AvgIpc) is 2.95. The normalized spacial score (nSPS) is 22.8. The van der Waals surface area contributed by atoms with Crippen molar-refractivity contribution < 1.29 is 9.18 Å². The van der Waals surface area contributed by atoms with Crippen LogP contribution in [0.1, 0.15) is 32.6 Å². The average molecular weight is 265 g/mol. The summed E-state index contributed by atoms with van der Waals surface area (Å²) in [6, 6.07) is 0.0783. The van der Waals surface area contributed by atoms with E-state index in [0.717, 1.165) is 25.7 Å². The standard InChI is InChI=1S/C14H20FN3O/c1-4-10-11(15)12(14(19)17(2)3)18(13(10)16)9-7-5-6-8-9/h4,9,16H,5-8H2,1-3H3/b10-4-,16-13?. The molecule has 1 N–H and O–H groups in total. The smallest absolute Gasteiger partial charge is 0.273 e. The Hall–Kier alpha value is -1.65. The van der Waals surface area contributed by atoms with E-state index in [1.807, 2.05) is 0 Å². The summed E-state index contributed by atoms with van der Waals surface area (Å²) in [7, 11) is 3.21. The number of rotatable bonds is 2. The van der Waals surface area contributed by atoms with Gasteiger partial charge in [-0.15, -0.1) is 0 Å². The minimum absolute atomic E-state index is 0.0370. The molecular weight excluding hydrogens is 245 g/mol. The van der Waals surface area contributed by atoms with Crippen LogP contribution in [-0.2, 0) is 4.79 Å². The van der Waals surface area contributed by atoms with E-state index in [-0.39, 0.29) is 29.1 Å². The number of nitrogens with zero attached hydrogens (tertiary/aromatic N) is 2. The second-order valence-corrected chi connectivity index (χ2v) is 5.22. The number of allylic oxidation sites excluding steroid dienone is 1. The van der Waals surface area contributed by atoms with Crippen molar-refractivity contribution in [2.45, 2.75) is 38.6 Å². The van der Waals surface area contributed by atoms with Crippen molar-refractivity contribution in [2.24, 2.45) is 0 Å². The van der Waals surface area contributed by atoms with Crippen molar-refractivity contribution in [3.05, 3.63) is 23.2 Å². The maximum atomic E-state index is 14.4. The third kappa shape index (κ3) is 2.17. The highest BCUT2D eigenvalue weighted by atomic mass is 19.1. The van der Waals surface area contributed by atoms with E-state index in [4.69, 9.17) is 5.41 Å². The molecule has 0 aromatic rings. The van der Waals surface area contributed by atoms with Crippen LogP contribution in [0.4, 0.5) is 4.39 Å². The van der Waals surface area contributed by atoms with Gasteiger partial charge >= 0.3 is 0 Å². The lowest BCUT2D eigenvalue weighted by Gasteiger charge is -2.28. The number of amides is 1. The molecule has 0 unspecified atom stereocenters. The third-order valence-corrected chi connectivity index (χ3v) is 3.77. The fourth-order valence-electron chi connectivity index (χ4n) is 2.78. The molecule has 1 heterocycles. The SMILES string of the molecule is C/C=C1\C(=N)N(C2CCCC2)C(C(=O)N(C)C)=C1F. The molecule has 0 aromatic carbocycles. The molecule has 19 heavy (non-hydrogen) atoms. The van der Waals surface area contributed by atoms with E-state index in [0.29, 0.717) is 0 Å². The second kappa shape index (κ2) is 5.15. The van der Waals surface area contributed by atoms with Gasteiger partial charge in [-0.1, -0.05) is 18.9 Å². The number of amidine groups is 1. The minimum Gasteiger partial charge on any atom is -0.343 e. The van der Waals surface area contributed by atoms with Gasteiger partial charge in [0.1, 0.15) is 11.5 Å². The number of likely N-dealkylation sites (N-methyl/N-ethyl adjacent to an activating group) is 1. The van der Waals surface area contributed by atoms with Gasteiger partial charge in [0.15, 0.2) is 5.83 Å². The van der Waals surface area contributed by atoms with E-state index >= 15 is 0 Å². The van der Waals surface area contributed by atoms with E-state index in [1.165, 1.54) is 4.90 Å². The lowest BCUT2D eigenvalue weighted by molar-refractivity contribution is -0.126. The summed E-state index contributed by atoms with van der Waals surface area (Å²) in [6.45, 7) is 1.69. The molecule has 2 aliphatic rings. The molecule has 0 bridgehead atoms. The van der Waals surface area contributed by atoms with Crippen LogP contribution < -0.4 is 0 Å². The fraction of sp³-hybridized carbons (Fsp3) is 0.571. The van der Waals surface area contributed by atoms with Crippen LogP contribution in [0.5, 0.6) is 0 Å². The molecule has 0 aromatic heterocycles. The zero-order chi connectivity index (χ0) is 14.2. The summed E-state index contributed by atoms with van der Waals surface area (Å²) in [5, 5.41) is 8.13. The molecule has 1 amide bonds. The van der Waals surface area contributed by atoms with Gasteiger partial charge in [0.2, 0.25) is 0 Å². The molecule has 4 nitrogen and oxygen atoms in total. The maximum absolute atomic E-state index is 14.4. The predicted molar refractivity (Wildman–Crippen MR) is 72.4 cm³/mol. The Morgan fingerprint density at radius 3 is 2.47 bits per heavy atom. The van der Waals surface area contributed by atoms with Crippen LogP contribution in [-0.4, -0.2) is 41.7 Å². The Morgan fingerprint density at radius 1 is 1.42 bits per heavy atom. The van der Waals surface area contributed by atoms with Crippen LogP contribution in [0.15, 0.2) is 23.2 Å². The number of carbonyl (C=O) groups is 1. The molecule has 1 saturated carbocycles. The van der Waals surface area contributed by atoms with Crippen LogP contribution in [0.25, 0.3) is 0 Å². The molecule has 0 atom stereocenters. The van der Waals surface area contributed by atoms with Crippen LogP contribution in [0.3, 0.4) is 0 Å². The Labute approximate surface area is 113 Å². The minimum atomic E-state index is -0.557. The monoisotopic (exact) mass is 265 g/mol. The maximum Gasteiger partial charge on any atom is 0.273 e. The van der Waals surface area contributed by atoms with Crippen molar-refractivity contribution in [2.75, 3.05) is 14.1 Å². The summed E-state index contributed by atoms with van der Waals surface area (Å²) in [5.41, 5.74) is 0.270. The van der Waals surface area contributed by atoms with Gasteiger partial charge in [0.05, 0.1) is 5.57 Å². The Bertz CT molecular complexity index is 473. The Kier molecular flexibility index (Phi) is 3.73. The van der Waals surface area contributed by atoms with Crippen molar-refractivity contribution in [1.82, 2.24) is 9.80 Å². The molecule has 1 aliphatic heterocycles. The van der Waals surface area contributed by atoms with Gasteiger partial charge < -0.3 is 9.80 Å². The quantitative estimate of drug-likeness (QED) is 0.833. The van der Waals surface area contributed by atoms with Crippen LogP contribution in [0.2, 0.25) is 0 Å². The number of hydrogen-bond acceptors (Lipinski definition) is 2. The van der Waals surface area contributed by atoms with E-state index in [1.54, 1.807) is 32.0 Å². The molecule has 104 valence electrons. The predicted octanol–water partition coefficient (Wildman–Crippen LogP) is 2.44. The van der Waals surface area contributed by atoms with Gasteiger partial charge in [0.25, 0.3) is 5.91 Å². The summed E-state index contributed by atoms with van der Waals surface area (Å²) in [5.74, 6) is -0.804. The number of nitrogens with one attached hydrogen (secondary N) is 1. The van der Waals surface area contributed by atoms with Gasteiger partial charge in [-0.05, 0) is 19.8 Å². The summed E-state index contributed by atoms with van der Waals surface area (Å²) >= 11 is 0. The highest BCUT2D eigenvalue weighted by molar-refractivity contribution is 6.11. The van der Waals surface area contributed by atoms with E-state index in [9.17, 15) is 9.18 Å². The van der Waals surface area contributed by atoms with E-state index < -0.39 is 5.83 Å². The summed E-state index contributed by atoms with van der Waals surface area (Å²) < 4.78 is 14.4. The first-order chi connectivity index (χ1) is 8.99. The highest BCUT2D eigenvalue weighted by Gasteiger charge is 2.41. The van der Waals surface area contributed by atoms with Gasteiger partial charge in [-0.3, -0.25) is 10.2 Å². The number of carbonyl (C=O) groups excluding carboxylic acids is 1. The molecule has 1 aliphatic carbocycles. The molecule has 2 rings (SSSR count). The summed E-state index contributed by atoms with van der Waals surface area (Å²) in [6.07, 6.45) is 5.54. The zero-order valence-electron chi connectivity index (χ0n) is 11.7. The third-order valence-electron chi connectivity index (χ3n) is 3.77. The van der Waals surface area contributed by atoms with Crippen molar-refractivity contribution in [3.8, 4) is 0 Å². The Morgan fingerprint density at radius 2 is 2.00 bits per heavy atom. The molecule has 0 spiro atoms. The van der Waals surface area contributed by atoms with Gasteiger partial charge in [-0.2, -0.15) is 0 Å². The van der Waals surface area contributed by atoms with Crippen molar-refractivity contribution in [1.29, 1.82) is 5.41 Å². The van der Waals surface area contributed by atoms with Crippen molar-refractivity contribution >= 4 is 11.7 Å². The van der Waals surface area contributed by atoms with E-state index in [2.05, 4.69) is 0 Å². The highest BCUT2D eigenvalue weighted by Crippen LogP contribution is 2.37. The lowest BCUT2D eigenvalue weighted by atomic mass is 10.2. The molecule has 1 fully saturated rings. The van der Waals surface area contributed by atoms with Crippen LogP contribution >= 0.6 is 0 Å². The zero-order valence-corrected chi connectivity index (χ0v) is 11.7. The van der Waals surface area contributed by atoms with Gasteiger partial charge in [-0.25, -0.2) is 4.39 Å². The molecule has 0 radical (unpaired) electrons. The topological polar surface area (TPSA) is 47.4 Å². The Balaban J connectivity index is 2.45. The van der Waals surface area contributed by atoms with Crippen molar-refractivity contribution in [3.63, 3.8) is 0 Å². The van der Waals surface area contributed by atoms with Crippen LogP contribution in [0, 0.1) is 5.41 Å². The fourth-order valence-corrected chi connectivity index (χ4v) is 2.78. The second-order valence-electron chi connectivity index (χ2n) is 5.22. The number of halogens is 1. The number of hydrogen-bond donors (Lipinski definition) is 1. The first-order valence-corrected chi connectivity index (χ1v) is 6.65. The largest absolute Gasteiger partial charge is 0.343 e. The molecule has 5 heteroatoms.